The molecule has 0 atom stereocenters. The molecule has 0 radical (unpaired) electrons. The molecule has 68 valence electrons. The van der Waals surface area contributed by atoms with Gasteiger partial charge in [0.2, 0.25) is 5.78 Å². The van der Waals surface area contributed by atoms with Crippen LogP contribution >= 0.6 is 0 Å². The van der Waals surface area contributed by atoms with Crippen molar-refractivity contribution in [2.75, 3.05) is 19.0 Å². The Morgan fingerprint density at radius 2 is 2.31 bits per heavy atom. The standard InChI is InChI=1S/C8H10N4O/c1-11(2)6-5-12-4-3-7(13)10-8(12)9-6/h3-5H,1-2H3,(H,9,10,13). The number of rotatable bonds is 1. The molecule has 0 aliphatic carbocycles. The third kappa shape index (κ3) is 1.28. The maximum Gasteiger partial charge on any atom is 0.252 e. The number of hydrogen-bond acceptors (Lipinski definition) is 3. The number of anilines is 1. The van der Waals surface area contributed by atoms with Crippen LogP contribution in [0.15, 0.2) is 23.3 Å². The third-order valence-corrected chi connectivity index (χ3v) is 1.80. The van der Waals surface area contributed by atoms with Crippen LogP contribution in [-0.4, -0.2) is 28.5 Å². The number of imidazole rings is 1. The van der Waals surface area contributed by atoms with Gasteiger partial charge in [-0.1, -0.05) is 0 Å². The van der Waals surface area contributed by atoms with Crippen LogP contribution in [0.25, 0.3) is 5.78 Å². The maximum absolute atomic E-state index is 10.9. The Morgan fingerprint density at radius 3 is 3.00 bits per heavy atom. The number of aromatic amines is 1. The first-order valence-electron chi connectivity index (χ1n) is 3.92. The summed E-state index contributed by atoms with van der Waals surface area (Å²) in [6.07, 6.45) is 3.54. The molecule has 0 spiro atoms. The van der Waals surface area contributed by atoms with Crippen LogP contribution in [0.5, 0.6) is 0 Å². The molecular weight excluding hydrogens is 168 g/mol. The lowest BCUT2D eigenvalue weighted by Crippen LogP contribution is -2.08. The van der Waals surface area contributed by atoms with Gasteiger partial charge in [0, 0.05) is 26.4 Å². The minimum atomic E-state index is -0.136. The monoisotopic (exact) mass is 178 g/mol. The minimum absolute atomic E-state index is 0.136. The molecule has 2 rings (SSSR count). The molecule has 0 saturated carbocycles. The van der Waals surface area contributed by atoms with Gasteiger partial charge in [-0.15, -0.1) is 0 Å². The van der Waals surface area contributed by atoms with Crippen molar-refractivity contribution < 1.29 is 0 Å². The zero-order valence-corrected chi connectivity index (χ0v) is 7.48. The van der Waals surface area contributed by atoms with Gasteiger partial charge in [0.15, 0.2) is 0 Å². The van der Waals surface area contributed by atoms with Crippen LogP contribution in [0.3, 0.4) is 0 Å². The average Bonchev–Trinajstić information content (AvgIpc) is 2.46. The molecular formula is C8H10N4O. The molecule has 13 heavy (non-hydrogen) atoms. The third-order valence-electron chi connectivity index (χ3n) is 1.80. The van der Waals surface area contributed by atoms with Crippen LogP contribution in [0.2, 0.25) is 0 Å². The summed E-state index contributed by atoms with van der Waals surface area (Å²) >= 11 is 0. The number of nitrogens with one attached hydrogen (secondary N) is 1. The zero-order valence-electron chi connectivity index (χ0n) is 7.48. The van der Waals surface area contributed by atoms with Crippen molar-refractivity contribution in [3.05, 3.63) is 28.8 Å². The summed E-state index contributed by atoms with van der Waals surface area (Å²) in [5.41, 5.74) is -0.136. The number of aromatic nitrogens is 3. The summed E-state index contributed by atoms with van der Waals surface area (Å²) in [5.74, 6) is 1.39. The highest BCUT2D eigenvalue weighted by Gasteiger charge is 2.02. The molecule has 0 fully saturated rings. The first-order valence-corrected chi connectivity index (χ1v) is 3.92. The highest BCUT2D eigenvalue weighted by atomic mass is 16.1. The summed E-state index contributed by atoms with van der Waals surface area (Å²) in [7, 11) is 3.81. The fraction of sp³-hybridized carbons (Fsp3) is 0.250. The number of nitrogens with zero attached hydrogens (tertiary/aromatic N) is 3. The van der Waals surface area contributed by atoms with Crippen molar-refractivity contribution in [1.29, 1.82) is 0 Å². The molecule has 0 aromatic carbocycles. The molecule has 0 aliphatic rings. The predicted octanol–water partition coefficient (Wildman–Crippen LogP) is 0.0886. The normalized spacial score (nSPS) is 10.6. The molecule has 0 aliphatic heterocycles. The van der Waals surface area contributed by atoms with Crippen LogP contribution in [-0.2, 0) is 0 Å². The lowest BCUT2D eigenvalue weighted by atomic mass is 10.6. The Hall–Kier alpha value is -1.78. The summed E-state index contributed by atoms with van der Waals surface area (Å²) in [6, 6.07) is 1.47. The van der Waals surface area contributed by atoms with Gasteiger partial charge in [-0.25, -0.2) is 0 Å². The van der Waals surface area contributed by atoms with Crippen LogP contribution in [0.1, 0.15) is 0 Å². The number of fused-ring (bicyclic) bond motifs is 1. The predicted molar refractivity (Wildman–Crippen MR) is 50.1 cm³/mol. The van der Waals surface area contributed by atoms with Crippen molar-refractivity contribution >= 4 is 11.6 Å². The van der Waals surface area contributed by atoms with E-state index in [-0.39, 0.29) is 5.56 Å². The summed E-state index contributed by atoms with van der Waals surface area (Å²) in [4.78, 5) is 19.7. The Balaban J connectivity index is 2.69. The van der Waals surface area contributed by atoms with Crippen molar-refractivity contribution in [1.82, 2.24) is 14.4 Å². The van der Waals surface area contributed by atoms with Gasteiger partial charge >= 0.3 is 0 Å². The van der Waals surface area contributed by atoms with Crippen molar-refractivity contribution in [3.8, 4) is 0 Å². The number of H-pyrrole nitrogens is 1. The molecule has 0 unspecified atom stereocenters. The second-order valence-electron chi connectivity index (χ2n) is 3.03. The van der Waals surface area contributed by atoms with E-state index in [0.717, 1.165) is 5.82 Å². The first-order chi connectivity index (χ1) is 6.16. The van der Waals surface area contributed by atoms with Crippen LogP contribution in [0.4, 0.5) is 5.82 Å². The van der Waals surface area contributed by atoms with Gasteiger partial charge in [0.25, 0.3) is 5.56 Å². The van der Waals surface area contributed by atoms with Crippen molar-refractivity contribution in [2.24, 2.45) is 0 Å². The molecule has 1 N–H and O–H groups in total. The lowest BCUT2D eigenvalue weighted by Gasteiger charge is -2.05. The first kappa shape index (κ1) is 7.85. The highest BCUT2D eigenvalue weighted by Crippen LogP contribution is 2.08. The van der Waals surface area contributed by atoms with Gasteiger partial charge in [-0.05, 0) is 0 Å². The van der Waals surface area contributed by atoms with Crippen LogP contribution in [0, 0.1) is 0 Å². The minimum Gasteiger partial charge on any atom is -0.361 e. The lowest BCUT2D eigenvalue weighted by molar-refractivity contribution is 1.08. The topological polar surface area (TPSA) is 53.4 Å². The van der Waals surface area contributed by atoms with E-state index in [1.54, 1.807) is 10.6 Å². The molecule has 2 heterocycles. The maximum atomic E-state index is 10.9. The van der Waals surface area contributed by atoms with Crippen molar-refractivity contribution in [2.45, 2.75) is 0 Å². The fourth-order valence-electron chi connectivity index (χ4n) is 1.10. The highest BCUT2D eigenvalue weighted by molar-refractivity contribution is 5.44. The fourth-order valence-corrected chi connectivity index (χ4v) is 1.10. The smallest absolute Gasteiger partial charge is 0.252 e. The van der Waals surface area contributed by atoms with Crippen LogP contribution < -0.4 is 10.5 Å². The molecule has 0 bridgehead atoms. The Bertz CT molecular complexity index is 482. The van der Waals surface area contributed by atoms with E-state index < -0.39 is 0 Å². The van der Waals surface area contributed by atoms with E-state index >= 15 is 0 Å². The Kier molecular flexibility index (Phi) is 1.58. The molecule has 0 amide bonds. The average molecular weight is 178 g/mol. The van der Waals surface area contributed by atoms with E-state index in [1.807, 2.05) is 25.2 Å². The van der Waals surface area contributed by atoms with Gasteiger partial charge in [-0.3, -0.25) is 14.2 Å². The van der Waals surface area contributed by atoms with Gasteiger partial charge in [-0.2, -0.15) is 4.98 Å². The molecule has 2 aromatic heterocycles. The molecule has 0 saturated heterocycles. The van der Waals surface area contributed by atoms with Gasteiger partial charge in [0.1, 0.15) is 5.82 Å². The van der Waals surface area contributed by atoms with E-state index in [1.165, 1.54) is 6.07 Å². The number of hydrogen-bond donors (Lipinski definition) is 1. The van der Waals surface area contributed by atoms with Gasteiger partial charge < -0.3 is 4.90 Å². The summed E-state index contributed by atoms with van der Waals surface area (Å²) < 4.78 is 1.77. The zero-order chi connectivity index (χ0) is 9.42. The molecule has 5 nitrogen and oxygen atoms in total. The van der Waals surface area contributed by atoms with E-state index in [2.05, 4.69) is 9.97 Å². The largest absolute Gasteiger partial charge is 0.361 e. The molecule has 5 heteroatoms. The van der Waals surface area contributed by atoms with E-state index in [0.29, 0.717) is 5.78 Å². The Morgan fingerprint density at radius 1 is 1.54 bits per heavy atom. The second-order valence-corrected chi connectivity index (χ2v) is 3.03. The van der Waals surface area contributed by atoms with E-state index in [9.17, 15) is 4.79 Å². The van der Waals surface area contributed by atoms with E-state index in [4.69, 9.17) is 0 Å². The van der Waals surface area contributed by atoms with Gasteiger partial charge in [0.05, 0.1) is 6.20 Å². The SMILES string of the molecule is CN(C)c1cn2ccc(=O)[nH]c2n1. The Labute approximate surface area is 74.6 Å². The second kappa shape index (κ2) is 2.62. The van der Waals surface area contributed by atoms with Crippen molar-refractivity contribution in [3.63, 3.8) is 0 Å². The summed E-state index contributed by atoms with van der Waals surface area (Å²) in [6.45, 7) is 0. The quantitative estimate of drug-likeness (QED) is 0.673. The molecule has 2 aromatic rings. The summed E-state index contributed by atoms with van der Waals surface area (Å²) in [5, 5.41) is 0.